The number of nitrogens with two attached hydrogens (primary N) is 1. The molecule has 1 aromatic rings. The summed E-state index contributed by atoms with van der Waals surface area (Å²) in [6, 6.07) is 3.24. The number of hydrogen-bond acceptors (Lipinski definition) is 4. The van der Waals surface area contributed by atoms with Crippen molar-refractivity contribution < 1.29 is 14.3 Å². The van der Waals surface area contributed by atoms with E-state index in [0.717, 1.165) is 5.92 Å². The van der Waals surface area contributed by atoms with E-state index in [-0.39, 0.29) is 5.91 Å². The van der Waals surface area contributed by atoms with Crippen LogP contribution in [0, 0.1) is 11.8 Å². The molecule has 1 saturated carbocycles. The fourth-order valence-corrected chi connectivity index (χ4v) is 2.93. The predicted molar refractivity (Wildman–Crippen MR) is 82.8 cm³/mol. The van der Waals surface area contributed by atoms with Crippen molar-refractivity contribution in [1.29, 1.82) is 0 Å². The minimum atomic E-state index is -0.159. The van der Waals surface area contributed by atoms with E-state index in [0.29, 0.717) is 35.2 Å². The second-order valence-corrected chi connectivity index (χ2v) is 5.79. The summed E-state index contributed by atoms with van der Waals surface area (Å²) in [6.45, 7) is 2.96. The highest BCUT2D eigenvalue weighted by Gasteiger charge is 2.22. The molecule has 0 saturated heterocycles. The molecule has 1 fully saturated rings. The van der Waals surface area contributed by atoms with Gasteiger partial charge in [-0.2, -0.15) is 0 Å². The Hall–Kier alpha value is -1.91. The molecule has 2 unspecified atom stereocenters. The largest absolute Gasteiger partial charge is 0.493 e. The Balaban J connectivity index is 2.04. The lowest BCUT2D eigenvalue weighted by Gasteiger charge is -2.14. The van der Waals surface area contributed by atoms with Gasteiger partial charge in [0.05, 0.1) is 19.8 Å². The second kappa shape index (κ2) is 6.70. The van der Waals surface area contributed by atoms with Crippen LogP contribution >= 0.6 is 0 Å². The quantitative estimate of drug-likeness (QED) is 0.818. The molecule has 1 aromatic carbocycles. The van der Waals surface area contributed by atoms with E-state index in [1.54, 1.807) is 12.1 Å². The first-order valence-electron chi connectivity index (χ1n) is 7.34. The number of carbonyl (C=O) groups is 1. The molecule has 3 N–H and O–H groups in total. The first kappa shape index (κ1) is 15.5. The molecule has 1 aliphatic carbocycles. The summed E-state index contributed by atoms with van der Waals surface area (Å²) in [4.78, 5) is 12.3. The first-order valence-corrected chi connectivity index (χ1v) is 7.34. The highest BCUT2D eigenvalue weighted by atomic mass is 16.5. The second-order valence-electron chi connectivity index (χ2n) is 5.79. The van der Waals surface area contributed by atoms with E-state index in [2.05, 4.69) is 12.2 Å². The SMILES string of the molecule is COc1cc(N)c(C(=O)NCC2CCC(C)C2)cc1OC. The minimum Gasteiger partial charge on any atom is -0.493 e. The number of nitrogen functional groups attached to an aromatic ring is 1. The van der Waals surface area contributed by atoms with Gasteiger partial charge in [0.15, 0.2) is 11.5 Å². The molecule has 0 radical (unpaired) electrons. The Morgan fingerprint density at radius 2 is 1.95 bits per heavy atom. The number of hydrogen-bond donors (Lipinski definition) is 2. The maximum Gasteiger partial charge on any atom is 0.253 e. The van der Waals surface area contributed by atoms with E-state index in [4.69, 9.17) is 15.2 Å². The van der Waals surface area contributed by atoms with Crippen molar-refractivity contribution in [3.05, 3.63) is 17.7 Å². The molecule has 0 aliphatic heterocycles. The summed E-state index contributed by atoms with van der Waals surface area (Å²) in [6.07, 6.45) is 3.61. The molecule has 5 heteroatoms. The van der Waals surface area contributed by atoms with Crippen LogP contribution in [0.25, 0.3) is 0 Å². The smallest absolute Gasteiger partial charge is 0.253 e. The Bertz CT molecular complexity index is 516. The zero-order valence-corrected chi connectivity index (χ0v) is 12.9. The van der Waals surface area contributed by atoms with Crippen molar-refractivity contribution in [2.75, 3.05) is 26.5 Å². The van der Waals surface area contributed by atoms with Gasteiger partial charge in [-0.15, -0.1) is 0 Å². The zero-order valence-electron chi connectivity index (χ0n) is 12.9. The minimum absolute atomic E-state index is 0.159. The Morgan fingerprint density at radius 1 is 1.29 bits per heavy atom. The van der Waals surface area contributed by atoms with E-state index in [9.17, 15) is 4.79 Å². The summed E-state index contributed by atoms with van der Waals surface area (Å²) in [5.74, 6) is 2.21. The van der Waals surface area contributed by atoms with Gasteiger partial charge in [0.1, 0.15) is 0 Å². The van der Waals surface area contributed by atoms with Crippen LogP contribution in [0.4, 0.5) is 5.69 Å². The van der Waals surface area contributed by atoms with Crippen LogP contribution in [-0.4, -0.2) is 26.7 Å². The van der Waals surface area contributed by atoms with Crippen LogP contribution < -0.4 is 20.5 Å². The molecule has 116 valence electrons. The van der Waals surface area contributed by atoms with Crippen molar-refractivity contribution in [1.82, 2.24) is 5.32 Å². The van der Waals surface area contributed by atoms with E-state index in [1.165, 1.54) is 33.5 Å². The Labute approximate surface area is 125 Å². The number of rotatable bonds is 5. The monoisotopic (exact) mass is 292 g/mol. The van der Waals surface area contributed by atoms with Gasteiger partial charge in [0.2, 0.25) is 0 Å². The van der Waals surface area contributed by atoms with Gasteiger partial charge in [-0.05, 0) is 30.7 Å². The summed E-state index contributed by atoms with van der Waals surface area (Å²) in [5.41, 5.74) is 6.75. The topological polar surface area (TPSA) is 73.6 Å². The molecule has 0 bridgehead atoms. The molecular formula is C16H24N2O3. The highest BCUT2D eigenvalue weighted by Crippen LogP contribution is 2.32. The predicted octanol–water partition coefficient (Wildman–Crippen LogP) is 2.45. The number of methoxy groups -OCH3 is 2. The lowest BCUT2D eigenvalue weighted by Crippen LogP contribution is -2.29. The van der Waals surface area contributed by atoms with Crippen LogP contribution in [0.5, 0.6) is 11.5 Å². The standard InChI is InChI=1S/C16H24N2O3/c1-10-4-5-11(6-10)9-18-16(19)12-7-14(20-2)15(21-3)8-13(12)17/h7-8,10-11H,4-6,9,17H2,1-3H3,(H,18,19). The van der Waals surface area contributed by atoms with Crippen molar-refractivity contribution in [2.45, 2.75) is 26.2 Å². The van der Waals surface area contributed by atoms with Crippen LogP contribution in [0.1, 0.15) is 36.5 Å². The number of carbonyl (C=O) groups excluding carboxylic acids is 1. The van der Waals surface area contributed by atoms with Crippen LogP contribution in [0.3, 0.4) is 0 Å². The third kappa shape index (κ3) is 3.60. The molecule has 0 heterocycles. The average molecular weight is 292 g/mol. The molecule has 2 rings (SSSR count). The summed E-state index contributed by atoms with van der Waals surface area (Å²) >= 11 is 0. The third-order valence-electron chi connectivity index (χ3n) is 4.16. The summed E-state index contributed by atoms with van der Waals surface area (Å²) in [5, 5.41) is 2.98. The van der Waals surface area contributed by atoms with Crippen LogP contribution in [0.15, 0.2) is 12.1 Å². The normalized spacial score (nSPS) is 21.1. The Kier molecular flexibility index (Phi) is 4.94. The van der Waals surface area contributed by atoms with Gasteiger partial charge in [0.25, 0.3) is 5.91 Å². The van der Waals surface area contributed by atoms with Gasteiger partial charge >= 0.3 is 0 Å². The third-order valence-corrected chi connectivity index (χ3v) is 4.16. The fraction of sp³-hybridized carbons (Fsp3) is 0.562. The van der Waals surface area contributed by atoms with E-state index >= 15 is 0 Å². The zero-order chi connectivity index (χ0) is 15.4. The lowest BCUT2D eigenvalue weighted by molar-refractivity contribution is 0.0947. The molecule has 0 spiro atoms. The van der Waals surface area contributed by atoms with Gasteiger partial charge in [-0.3, -0.25) is 4.79 Å². The Morgan fingerprint density at radius 3 is 2.52 bits per heavy atom. The maximum absolute atomic E-state index is 12.3. The van der Waals surface area contributed by atoms with Crippen molar-refractivity contribution in [2.24, 2.45) is 11.8 Å². The van der Waals surface area contributed by atoms with Crippen molar-refractivity contribution in [3.8, 4) is 11.5 Å². The maximum atomic E-state index is 12.3. The van der Waals surface area contributed by atoms with Crippen molar-refractivity contribution in [3.63, 3.8) is 0 Å². The van der Waals surface area contributed by atoms with Gasteiger partial charge in [-0.1, -0.05) is 13.3 Å². The molecule has 21 heavy (non-hydrogen) atoms. The van der Waals surface area contributed by atoms with Gasteiger partial charge in [-0.25, -0.2) is 0 Å². The fourth-order valence-electron chi connectivity index (χ4n) is 2.93. The number of benzene rings is 1. The van der Waals surface area contributed by atoms with E-state index in [1.807, 2.05) is 0 Å². The lowest BCUT2D eigenvalue weighted by atomic mass is 10.1. The summed E-state index contributed by atoms with van der Waals surface area (Å²) in [7, 11) is 3.08. The summed E-state index contributed by atoms with van der Waals surface area (Å²) < 4.78 is 10.4. The van der Waals surface area contributed by atoms with Gasteiger partial charge in [0, 0.05) is 18.3 Å². The highest BCUT2D eigenvalue weighted by molar-refractivity contribution is 6.00. The number of nitrogens with one attached hydrogen (secondary N) is 1. The van der Waals surface area contributed by atoms with Gasteiger partial charge < -0.3 is 20.5 Å². The molecule has 2 atom stereocenters. The number of amides is 1. The van der Waals surface area contributed by atoms with E-state index < -0.39 is 0 Å². The molecule has 1 aliphatic rings. The first-order chi connectivity index (χ1) is 10.0. The van der Waals surface area contributed by atoms with Crippen molar-refractivity contribution >= 4 is 11.6 Å². The molecular weight excluding hydrogens is 268 g/mol. The average Bonchev–Trinajstić information content (AvgIpc) is 2.90. The number of anilines is 1. The van der Waals surface area contributed by atoms with Crippen LogP contribution in [-0.2, 0) is 0 Å². The number of ether oxygens (including phenoxy) is 2. The van der Waals surface area contributed by atoms with Crippen LogP contribution in [0.2, 0.25) is 0 Å². The molecule has 5 nitrogen and oxygen atoms in total. The molecule has 0 aromatic heterocycles. The molecule has 1 amide bonds.